The van der Waals surface area contributed by atoms with Crippen molar-refractivity contribution in [3.8, 4) is 5.75 Å². The molecule has 10 nitrogen and oxygen atoms in total. The number of benzene rings is 2. The summed E-state index contributed by atoms with van der Waals surface area (Å²) < 4.78 is 5.85. The average Bonchev–Trinajstić information content (AvgIpc) is 3.50. The second kappa shape index (κ2) is 11.5. The highest BCUT2D eigenvalue weighted by atomic mass is 35.5. The van der Waals surface area contributed by atoms with Crippen LogP contribution in [0.5, 0.6) is 5.75 Å². The molecule has 4 heterocycles. The zero-order valence-corrected chi connectivity index (χ0v) is 24.5. The van der Waals surface area contributed by atoms with E-state index in [-0.39, 0.29) is 25.1 Å². The van der Waals surface area contributed by atoms with Crippen LogP contribution >= 0.6 is 11.6 Å². The van der Waals surface area contributed by atoms with Crippen molar-refractivity contribution in [2.75, 3.05) is 40.0 Å². The SMILES string of the molecule is Cc1ccc(OC[C@H](O)CNC2=C(c3nc4cc5c(cc4[nH]3)CN(C3CCN(C)CC3)C5=O)C(Cl)NCN2)c(C)c1. The summed E-state index contributed by atoms with van der Waals surface area (Å²) in [6.07, 6.45) is 1.26. The van der Waals surface area contributed by atoms with Gasteiger partial charge in [0, 0.05) is 24.7 Å². The van der Waals surface area contributed by atoms with Gasteiger partial charge in [0.1, 0.15) is 35.6 Å². The summed E-state index contributed by atoms with van der Waals surface area (Å²) in [5.74, 6) is 2.14. The molecule has 0 saturated carbocycles. The van der Waals surface area contributed by atoms with Gasteiger partial charge in [0.25, 0.3) is 5.91 Å². The van der Waals surface area contributed by atoms with Gasteiger partial charge >= 0.3 is 0 Å². The van der Waals surface area contributed by atoms with E-state index >= 15 is 0 Å². The van der Waals surface area contributed by atoms with Crippen molar-refractivity contribution in [2.24, 2.45) is 0 Å². The minimum absolute atomic E-state index is 0.0934. The van der Waals surface area contributed by atoms with Crippen molar-refractivity contribution in [2.45, 2.75) is 50.9 Å². The number of piperidine rings is 1. The predicted octanol–water partition coefficient (Wildman–Crippen LogP) is 2.64. The number of fused-ring (bicyclic) bond motifs is 2. The Morgan fingerprint density at radius 3 is 2.80 bits per heavy atom. The number of carbonyl (C=O) groups excluding carboxylic acids is 1. The van der Waals surface area contributed by atoms with E-state index < -0.39 is 11.6 Å². The van der Waals surface area contributed by atoms with Gasteiger partial charge in [0.05, 0.1) is 23.3 Å². The van der Waals surface area contributed by atoms with Crippen LogP contribution in [0.1, 0.15) is 45.7 Å². The first-order valence-corrected chi connectivity index (χ1v) is 14.7. The topological polar surface area (TPSA) is 118 Å². The fourth-order valence-electron chi connectivity index (χ4n) is 5.95. The molecule has 5 N–H and O–H groups in total. The smallest absolute Gasteiger partial charge is 0.254 e. The van der Waals surface area contributed by atoms with E-state index in [2.05, 4.69) is 38.9 Å². The highest BCUT2D eigenvalue weighted by Gasteiger charge is 2.35. The largest absolute Gasteiger partial charge is 0.491 e. The lowest BCUT2D eigenvalue weighted by Gasteiger charge is -2.34. The fourth-order valence-corrected chi connectivity index (χ4v) is 6.24. The number of nitrogens with one attached hydrogen (secondary N) is 4. The van der Waals surface area contributed by atoms with Gasteiger partial charge in [0.15, 0.2) is 0 Å². The number of aliphatic hydroxyl groups excluding tert-OH is 1. The summed E-state index contributed by atoms with van der Waals surface area (Å²) in [4.78, 5) is 25.9. The maximum atomic E-state index is 13.3. The fraction of sp³-hybridized carbons (Fsp3) is 0.467. The third-order valence-electron chi connectivity index (χ3n) is 8.27. The third-order valence-corrected chi connectivity index (χ3v) is 8.64. The standard InChI is InChI=1S/C30H38ClN7O3/c1-17-4-5-25(18(2)10-17)41-15-21(39)13-32-28-26(27(31)33-16-34-28)29-35-23-11-19-14-38(20-6-8-37(3)9-7-20)30(40)22(19)12-24(23)36-29/h4-5,10-12,20-21,27,32-34,39H,6-9,13-16H2,1-3H3,(H,35,36)/t21-,27?/m1/s1. The Kier molecular flexibility index (Phi) is 7.82. The first kappa shape index (κ1) is 27.8. The molecule has 1 amide bonds. The zero-order valence-electron chi connectivity index (χ0n) is 23.8. The van der Waals surface area contributed by atoms with Crippen LogP contribution in [0, 0.1) is 13.8 Å². The lowest BCUT2D eigenvalue weighted by atomic mass is 10.0. The quantitative estimate of drug-likeness (QED) is 0.204. The summed E-state index contributed by atoms with van der Waals surface area (Å²) in [6.45, 7) is 7.57. The Balaban J connectivity index is 1.17. The second-order valence-corrected chi connectivity index (χ2v) is 11.8. The van der Waals surface area contributed by atoms with Crippen molar-refractivity contribution >= 4 is 34.1 Å². The minimum Gasteiger partial charge on any atom is -0.491 e. The molecule has 41 heavy (non-hydrogen) atoms. The number of H-pyrrole nitrogens is 1. The second-order valence-electron chi connectivity index (χ2n) is 11.4. The number of aliphatic hydroxyl groups is 1. The number of hydrogen-bond donors (Lipinski definition) is 5. The molecular weight excluding hydrogens is 542 g/mol. The number of ether oxygens (including phenoxy) is 1. The molecule has 2 atom stereocenters. The van der Waals surface area contributed by atoms with Gasteiger partial charge in [-0.2, -0.15) is 0 Å². The number of alkyl halides is 1. The van der Waals surface area contributed by atoms with Gasteiger partial charge in [-0.1, -0.05) is 17.7 Å². The summed E-state index contributed by atoms with van der Waals surface area (Å²) in [6, 6.07) is 10.2. The van der Waals surface area contributed by atoms with Crippen LogP contribution in [0.2, 0.25) is 0 Å². The lowest BCUT2D eigenvalue weighted by molar-refractivity contribution is 0.0617. The van der Waals surface area contributed by atoms with Crippen molar-refractivity contribution in [1.29, 1.82) is 0 Å². The molecular formula is C30H38ClN7O3. The maximum absolute atomic E-state index is 13.3. The Bertz CT molecular complexity index is 1480. The summed E-state index contributed by atoms with van der Waals surface area (Å²) in [5.41, 5.74) is 5.76. The molecule has 218 valence electrons. The van der Waals surface area contributed by atoms with Crippen LogP contribution in [-0.4, -0.2) is 88.4 Å². The maximum Gasteiger partial charge on any atom is 0.254 e. The van der Waals surface area contributed by atoms with Crippen LogP contribution < -0.4 is 20.7 Å². The van der Waals surface area contributed by atoms with E-state index in [0.717, 1.165) is 65.0 Å². The van der Waals surface area contributed by atoms with Gasteiger partial charge in [-0.25, -0.2) is 4.98 Å². The highest BCUT2D eigenvalue weighted by molar-refractivity contribution is 6.26. The minimum atomic E-state index is -0.743. The van der Waals surface area contributed by atoms with E-state index in [1.54, 1.807) is 0 Å². The molecule has 3 aliphatic heterocycles. The molecule has 0 aliphatic carbocycles. The van der Waals surface area contributed by atoms with E-state index in [4.69, 9.17) is 21.3 Å². The third kappa shape index (κ3) is 5.74. The van der Waals surface area contributed by atoms with E-state index in [9.17, 15) is 9.90 Å². The van der Waals surface area contributed by atoms with E-state index in [0.29, 0.717) is 24.9 Å². The number of nitrogens with zero attached hydrogens (tertiary/aromatic N) is 3. The van der Waals surface area contributed by atoms with Crippen molar-refractivity contribution in [1.82, 2.24) is 35.7 Å². The first-order chi connectivity index (χ1) is 19.8. The predicted molar refractivity (Wildman–Crippen MR) is 160 cm³/mol. The van der Waals surface area contributed by atoms with Crippen molar-refractivity contribution in [3.05, 3.63) is 64.2 Å². The number of amides is 1. The number of aromatic amines is 1. The van der Waals surface area contributed by atoms with Gasteiger partial charge in [-0.3, -0.25) is 10.1 Å². The van der Waals surface area contributed by atoms with Crippen LogP contribution in [0.3, 0.4) is 0 Å². The number of halogens is 1. The molecule has 2 aromatic carbocycles. The number of carbonyl (C=O) groups is 1. The highest BCUT2D eigenvalue weighted by Crippen LogP contribution is 2.32. The molecule has 0 spiro atoms. The number of likely N-dealkylation sites (tertiary alicyclic amines) is 1. The molecule has 3 aliphatic rings. The van der Waals surface area contributed by atoms with Crippen LogP contribution in [-0.2, 0) is 6.54 Å². The molecule has 3 aromatic rings. The summed E-state index contributed by atoms with van der Waals surface area (Å²) >= 11 is 6.71. The van der Waals surface area contributed by atoms with E-state index in [1.165, 1.54) is 5.56 Å². The van der Waals surface area contributed by atoms with Crippen LogP contribution in [0.25, 0.3) is 16.6 Å². The van der Waals surface area contributed by atoms with Gasteiger partial charge < -0.3 is 35.3 Å². The van der Waals surface area contributed by atoms with Crippen LogP contribution in [0.15, 0.2) is 36.2 Å². The normalized spacial score (nSPS) is 20.9. The Hall–Kier alpha value is -3.31. The monoisotopic (exact) mass is 579 g/mol. The Morgan fingerprint density at radius 1 is 1.22 bits per heavy atom. The number of rotatable bonds is 8. The molecule has 6 rings (SSSR count). The molecule has 1 saturated heterocycles. The number of hydrogen-bond acceptors (Lipinski definition) is 8. The van der Waals surface area contributed by atoms with Crippen molar-refractivity contribution in [3.63, 3.8) is 0 Å². The molecule has 0 bridgehead atoms. The first-order valence-electron chi connectivity index (χ1n) is 14.3. The molecule has 0 radical (unpaired) electrons. The lowest BCUT2D eigenvalue weighted by Crippen LogP contribution is -2.46. The Labute approximate surface area is 245 Å². The van der Waals surface area contributed by atoms with Gasteiger partial charge in [0.2, 0.25) is 0 Å². The molecule has 1 unspecified atom stereocenters. The molecule has 1 aromatic heterocycles. The molecule has 1 fully saturated rings. The average molecular weight is 580 g/mol. The van der Waals surface area contributed by atoms with Crippen molar-refractivity contribution < 1.29 is 14.6 Å². The zero-order chi connectivity index (χ0) is 28.7. The number of aryl methyl sites for hydroxylation is 2. The number of aromatic nitrogens is 2. The van der Waals surface area contributed by atoms with Gasteiger partial charge in [-0.05, 0) is 76.2 Å². The van der Waals surface area contributed by atoms with Gasteiger partial charge in [-0.15, -0.1) is 11.6 Å². The van der Waals surface area contributed by atoms with E-state index in [1.807, 2.05) is 43.0 Å². The molecule has 11 heteroatoms. The number of imidazole rings is 1. The summed E-state index contributed by atoms with van der Waals surface area (Å²) in [7, 11) is 2.13. The van der Waals surface area contributed by atoms with Crippen LogP contribution in [0.4, 0.5) is 0 Å². The summed E-state index contributed by atoms with van der Waals surface area (Å²) in [5, 5.41) is 20.4. The Morgan fingerprint density at radius 2 is 2.02 bits per heavy atom.